The van der Waals surface area contributed by atoms with Gasteiger partial charge in [-0.15, -0.1) is 11.6 Å². The van der Waals surface area contributed by atoms with E-state index >= 15 is 0 Å². The fourth-order valence-electron chi connectivity index (χ4n) is 2.36. The summed E-state index contributed by atoms with van der Waals surface area (Å²) < 4.78 is 2.04. The van der Waals surface area contributed by atoms with Crippen LogP contribution in [0.1, 0.15) is 23.7 Å². The van der Waals surface area contributed by atoms with E-state index in [-0.39, 0.29) is 5.38 Å². The van der Waals surface area contributed by atoms with Crippen LogP contribution in [0.15, 0.2) is 42.5 Å². The van der Waals surface area contributed by atoms with Crippen molar-refractivity contribution in [3.05, 3.63) is 58.9 Å². The summed E-state index contributed by atoms with van der Waals surface area (Å²) in [6, 6.07) is 13.9. The lowest BCUT2D eigenvalue weighted by Gasteiger charge is -2.12. The van der Waals surface area contributed by atoms with E-state index < -0.39 is 0 Å². The van der Waals surface area contributed by atoms with Gasteiger partial charge in [-0.2, -0.15) is 0 Å². The zero-order valence-corrected chi connectivity index (χ0v) is 12.8. The van der Waals surface area contributed by atoms with Crippen LogP contribution in [0.4, 0.5) is 0 Å². The number of fused-ring (bicyclic) bond motifs is 1. The van der Waals surface area contributed by atoms with Crippen molar-refractivity contribution < 1.29 is 0 Å². The van der Waals surface area contributed by atoms with Gasteiger partial charge in [0, 0.05) is 0 Å². The van der Waals surface area contributed by atoms with Crippen LogP contribution in [-0.4, -0.2) is 9.55 Å². The monoisotopic (exact) mass is 304 g/mol. The number of nitrogens with zero attached hydrogens (tertiary/aromatic N) is 2. The highest BCUT2D eigenvalue weighted by Crippen LogP contribution is 2.31. The Bertz CT molecular complexity index is 775. The van der Waals surface area contributed by atoms with Gasteiger partial charge in [0.15, 0.2) is 0 Å². The van der Waals surface area contributed by atoms with E-state index in [2.05, 4.69) is 24.0 Å². The minimum absolute atomic E-state index is 0.195. The number of alkyl halides is 1. The number of halogens is 2. The maximum Gasteiger partial charge on any atom is 0.132 e. The molecule has 4 heteroatoms. The number of benzene rings is 2. The van der Waals surface area contributed by atoms with E-state index in [9.17, 15) is 0 Å². The molecule has 102 valence electrons. The smallest absolute Gasteiger partial charge is 0.132 e. The quantitative estimate of drug-likeness (QED) is 0.588. The van der Waals surface area contributed by atoms with E-state index in [0.717, 1.165) is 22.5 Å². The summed E-state index contributed by atoms with van der Waals surface area (Å²) in [7, 11) is 0. The Morgan fingerprint density at radius 2 is 1.90 bits per heavy atom. The molecule has 1 heterocycles. The van der Waals surface area contributed by atoms with Crippen LogP contribution in [0, 0.1) is 6.92 Å². The molecule has 0 bridgehead atoms. The number of para-hydroxylation sites is 1. The molecule has 20 heavy (non-hydrogen) atoms. The number of rotatable bonds is 2. The van der Waals surface area contributed by atoms with Crippen LogP contribution in [0.2, 0.25) is 5.02 Å². The summed E-state index contributed by atoms with van der Waals surface area (Å²) in [5.74, 6) is 0.806. The third kappa shape index (κ3) is 2.19. The molecule has 1 aromatic heterocycles. The lowest BCUT2D eigenvalue weighted by Crippen LogP contribution is -2.02. The topological polar surface area (TPSA) is 17.8 Å². The van der Waals surface area contributed by atoms with Gasteiger partial charge in [0.2, 0.25) is 0 Å². The lowest BCUT2D eigenvalue weighted by atomic mass is 10.2. The first-order valence-electron chi connectivity index (χ1n) is 6.46. The Morgan fingerprint density at radius 1 is 1.15 bits per heavy atom. The minimum atomic E-state index is -0.195. The van der Waals surface area contributed by atoms with E-state index in [1.165, 1.54) is 5.56 Å². The van der Waals surface area contributed by atoms with E-state index in [0.29, 0.717) is 5.02 Å². The number of aryl methyl sites for hydroxylation is 1. The molecule has 0 radical (unpaired) electrons. The second kappa shape index (κ2) is 5.12. The van der Waals surface area contributed by atoms with Crippen molar-refractivity contribution in [1.29, 1.82) is 0 Å². The van der Waals surface area contributed by atoms with Gasteiger partial charge >= 0.3 is 0 Å². The maximum absolute atomic E-state index is 6.34. The highest BCUT2D eigenvalue weighted by atomic mass is 35.5. The van der Waals surface area contributed by atoms with Crippen LogP contribution in [0.5, 0.6) is 0 Å². The van der Waals surface area contributed by atoms with Gasteiger partial charge in [-0.25, -0.2) is 4.98 Å². The van der Waals surface area contributed by atoms with Gasteiger partial charge in [0.05, 0.1) is 27.1 Å². The SMILES string of the molecule is Cc1ccc2nc(C(C)Cl)n(-c3ccccc3Cl)c2c1. The summed E-state index contributed by atoms with van der Waals surface area (Å²) in [4.78, 5) is 4.64. The number of aromatic nitrogens is 2. The molecule has 2 aromatic carbocycles. The van der Waals surface area contributed by atoms with Crippen molar-refractivity contribution in [3.8, 4) is 5.69 Å². The van der Waals surface area contributed by atoms with Crippen molar-refractivity contribution in [2.75, 3.05) is 0 Å². The molecular weight excluding hydrogens is 291 g/mol. The van der Waals surface area contributed by atoms with Crippen LogP contribution < -0.4 is 0 Å². The number of hydrogen-bond donors (Lipinski definition) is 0. The van der Waals surface area contributed by atoms with Crippen molar-refractivity contribution in [1.82, 2.24) is 9.55 Å². The zero-order valence-electron chi connectivity index (χ0n) is 11.3. The average Bonchev–Trinajstić information content (AvgIpc) is 2.78. The molecule has 0 N–H and O–H groups in total. The van der Waals surface area contributed by atoms with E-state index in [4.69, 9.17) is 23.2 Å². The summed E-state index contributed by atoms with van der Waals surface area (Å²) in [5, 5.41) is 0.492. The second-order valence-electron chi connectivity index (χ2n) is 4.86. The molecule has 0 aliphatic heterocycles. The summed E-state index contributed by atoms with van der Waals surface area (Å²) >= 11 is 12.6. The summed E-state index contributed by atoms with van der Waals surface area (Å²) in [6.07, 6.45) is 0. The van der Waals surface area contributed by atoms with Crippen molar-refractivity contribution >= 4 is 34.2 Å². The van der Waals surface area contributed by atoms with Gasteiger partial charge in [-0.1, -0.05) is 29.8 Å². The van der Waals surface area contributed by atoms with Crippen LogP contribution in [0.25, 0.3) is 16.7 Å². The molecule has 3 aromatic rings. The normalized spacial score (nSPS) is 12.8. The standard InChI is InChI=1S/C16H14Cl2N2/c1-10-7-8-13-15(9-10)20(16(19-13)11(2)17)14-6-4-3-5-12(14)18/h3-9,11H,1-2H3. The number of imidazole rings is 1. The van der Waals surface area contributed by atoms with Gasteiger partial charge < -0.3 is 0 Å². The Kier molecular flexibility index (Phi) is 3.45. The van der Waals surface area contributed by atoms with E-state index in [1.54, 1.807) is 0 Å². The fourth-order valence-corrected chi connectivity index (χ4v) is 2.72. The van der Waals surface area contributed by atoms with Gasteiger partial charge in [-0.05, 0) is 43.7 Å². The Hall–Kier alpha value is -1.51. The van der Waals surface area contributed by atoms with Crippen molar-refractivity contribution in [2.45, 2.75) is 19.2 Å². The molecule has 1 unspecified atom stereocenters. The van der Waals surface area contributed by atoms with Crippen molar-refractivity contribution in [2.24, 2.45) is 0 Å². The molecule has 0 saturated carbocycles. The Balaban J connectivity index is 2.40. The third-order valence-corrected chi connectivity index (χ3v) is 3.80. The molecule has 0 aliphatic rings. The van der Waals surface area contributed by atoms with Crippen LogP contribution >= 0.6 is 23.2 Å². The van der Waals surface area contributed by atoms with Gasteiger partial charge in [0.25, 0.3) is 0 Å². The first kappa shape index (κ1) is 13.5. The Labute approximate surface area is 128 Å². The third-order valence-electron chi connectivity index (χ3n) is 3.29. The summed E-state index contributed by atoms with van der Waals surface area (Å²) in [5.41, 5.74) is 4.04. The molecule has 1 atom stereocenters. The van der Waals surface area contributed by atoms with Gasteiger partial charge in [0.1, 0.15) is 5.82 Å². The molecule has 0 aliphatic carbocycles. The summed E-state index contributed by atoms with van der Waals surface area (Å²) in [6.45, 7) is 3.98. The Morgan fingerprint density at radius 3 is 2.60 bits per heavy atom. The first-order valence-corrected chi connectivity index (χ1v) is 7.27. The molecular formula is C16H14Cl2N2. The second-order valence-corrected chi connectivity index (χ2v) is 5.93. The van der Waals surface area contributed by atoms with E-state index in [1.807, 2.05) is 41.8 Å². The minimum Gasteiger partial charge on any atom is -0.294 e. The first-order chi connectivity index (χ1) is 9.58. The van der Waals surface area contributed by atoms with Crippen molar-refractivity contribution in [3.63, 3.8) is 0 Å². The number of hydrogen-bond acceptors (Lipinski definition) is 1. The molecule has 0 saturated heterocycles. The lowest BCUT2D eigenvalue weighted by molar-refractivity contribution is 0.882. The molecule has 0 fully saturated rings. The zero-order chi connectivity index (χ0) is 14.3. The maximum atomic E-state index is 6.34. The highest BCUT2D eigenvalue weighted by molar-refractivity contribution is 6.32. The van der Waals surface area contributed by atoms with Crippen LogP contribution in [0.3, 0.4) is 0 Å². The molecule has 3 rings (SSSR count). The predicted octanol–water partition coefficient (Wildman–Crippen LogP) is 5.29. The van der Waals surface area contributed by atoms with Crippen LogP contribution in [-0.2, 0) is 0 Å². The fraction of sp³-hybridized carbons (Fsp3) is 0.188. The highest BCUT2D eigenvalue weighted by Gasteiger charge is 2.17. The average molecular weight is 305 g/mol. The predicted molar refractivity (Wildman–Crippen MR) is 85.1 cm³/mol. The largest absolute Gasteiger partial charge is 0.294 e. The van der Waals surface area contributed by atoms with Gasteiger partial charge in [-0.3, -0.25) is 4.57 Å². The molecule has 2 nitrogen and oxygen atoms in total. The molecule has 0 spiro atoms. The molecule has 0 amide bonds.